The standard InChI is InChI=1S/C9H6N2O2.C9H13O3.C4H3ClN2.ClH.Zn/c12-6-7-3-4-9(13-7)8-2-1-5-10-11-8;1-3-10-9(11-4-2)8-6-5-7-12-8;5-4-2-1-3-6-7-4;;/h1-6H;5-6,9H,3-4H2,1-2H3;1-3H;1H;/q;-1;;;+2/p-1. The maximum absolute atomic E-state index is 10.3. The fourth-order valence-corrected chi connectivity index (χ4v) is 2.28. The number of aldehydes is 1. The van der Waals surface area contributed by atoms with Gasteiger partial charge in [-0.2, -0.15) is 16.3 Å². The zero-order chi connectivity index (χ0) is 25.0. The molecule has 0 N–H and O–H groups in total. The van der Waals surface area contributed by atoms with Gasteiger partial charge in [0.1, 0.15) is 5.69 Å². The number of rotatable bonds is 7. The second kappa shape index (κ2) is 18.9. The number of nitrogens with zero attached hydrogens (tertiary/aromatic N) is 4. The van der Waals surface area contributed by atoms with E-state index in [-0.39, 0.29) is 6.29 Å². The third kappa shape index (κ3) is 11.6. The molecule has 4 aromatic heterocycles. The van der Waals surface area contributed by atoms with Crippen LogP contribution >= 0.6 is 21.3 Å². The molecule has 0 radical (unpaired) electrons. The summed E-state index contributed by atoms with van der Waals surface area (Å²) in [5, 5.41) is 15.0. The molecule has 176 valence electrons. The van der Waals surface area contributed by atoms with Crippen LogP contribution in [0.3, 0.4) is 0 Å². The van der Waals surface area contributed by atoms with Gasteiger partial charge < -0.3 is 18.3 Å². The molecule has 4 rings (SSSR count). The Morgan fingerprint density at radius 1 is 1.03 bits per heavy atom. The molecule has 4 aromatic rings. The minimum atomic E-state index is -0.383. The van der Waals surface area contributed by atoms with Crippen LogP contribution in [-0.4, -0.2) is 39.9 Å². The first-order valence-electron chi connectivity index (χ1n) is 9.89. The molecule has 0 spiro atoms. The summed E-state index contributed by atoms with van der Waals surface area (Å²) in [6.07, 6.45) is 6.01. The molecule has 0 aromatic carbocycles. The van der Waals surface area contributed by atoms with Gasteiger partial charge >= 0.3 is 27.0 Å². The Hall–Kier alpha value is -2.49. The van der Waals surface area contributed by atoms with Gasteiger partial charge in [0.05, 0.1) is 0 Å². The van der Waals surface area contributed by atoms with Crippen molar-refractivity contribution in [1.82, 2.24) is 20.4 Å². The number of furan rings is 2. The summed E-state index contributed by atoms with van der Waals surface area (Å²) in [7, 11) is 4.76. The second-order valence-electron chi connectivity index (χ2n) is 5.67. The predicted molar refractivity (Wildman–Crippen MR) is 122 cm³/mol. The summed E-state index contributed by atoms with van der Waals surface area (Å²) < 4.78 is 20.8. The summed E-state index contributed by atoms with van der Waals surface area (Å²) in [5.74, 6) is 1.51. The minimum absolute atomic E-state index is 0.292. The van der Waals surface area contributed by atoms with E-state index in [2.05, 4.69) is 26.7 Å². The van der Waals surface area contributed by atoms with E-state index in [1.807, 2.05) is 13.8 Å². The molecule has 0 fully saturated rings. The zero-order valence-corrected chi connectivity index (χ0v) is 23.1. The van der Waals surface area contributed by atoms with E-state index in [4.69, 9.17) is 39.6 Å². The van der Waals surface area contributed by atoms with E-state index >= 15 is 0 Å². The van der Waals surface area contributed by atoms with Crippen LogP contribution in [0.5, 0.6) is 0 Å². The van der Waals surface area contributed by atoms with Crippen LogP contribution in [0.1, 0.15) is 36.5 Å². The third-order valence-corrected chi connectivity index (χ3v) is 3.67. The summed E-state index contributed by atoms with van der Waals surface area (Å²) in [5.41, 5.74) is 0.621. The molecule has 12 heteroatoms. The van der Waals surface area contributed by atoms with Gasteiger partial charge in [-0.15, -0.1) is 16.3 Å². The van der Waals surface area contributed by atoms with Gasteiger partial charge in [0.2, 0.25) is 0 Å². The number of hydrogen-bond acceptors (Lipinski definition) is 9. The number of carbonyl (C=O) groups excluding carboxylic acids is 1. The van der Waals surface area contributed by atoms with Gasteiger partial charge in [0.25, 0.3) is 0 Å². The van der Waals surface area contributed by atoms with Crippen molar-refractivity contribution in [3.8, 4) is 11.5 Å². The zero-order valence-electron chi connectivity index (χ0n) is 18.6. The quantitative estimate of drug-likeness (QED) is 0.125. The first kappa shape index (κ1) is 29.5. The van der Waals surface area contributed by atoms with Gasteiger partial charge in [0, 0.05) is 25.6 Å². The van der Waals surface area contributed by atoms with Gasteiger partial charge in [-0.1, -0.05) is 11.6 Å². The van der Waals surface area contributed by atoms with Crippen molar-refractivity contribution in [3.05, 3.63) is 83.9 Å². The van der Waals surface area contributed by atoms with Crippen LogP contribution in [0.2, 0.25) is 5.15 Å². The fraction of sp³-hybridized carbons (Fsp3) is 0.227. The molecular formula is C22H22Cl2N4O5Zn. The van der Waals surface area contributed by atoms with Crippen molar-refractivity contribution in [2.45, 2.75) is 20.1 Å². The Bertz CT molecular complexity index is 1000. The Labute approximate surface area is 216 Å². The first-order valence-corrected chi connectivity index (χ1v) is 14.2. The monoisotopic (exact) mass is 556 g/mol. The Kier molecular flexibility index (Phi) is 16.4. The molecule has 34 heavy (non-hydrogen) atoms. The molecule has 0 saturated carbocycles. The van der Waals surface area contributed by atoms with E-state index < -0.39 is 0 Å². The second-order valence-corrected chi connectivity index (χ2v) is 6.06. The molecule has 0 unspecified atom stereocenters. The topological polar surface area (TPSA) is 113 Å². The van der Waals surface area contributed by atoms with Crippen molar-refractivity contribution in [2.75, 3.05) is 13.2 Å². The van der Waals surface area contributed by atoms with Gasteiger partial charge in [0.15, 0.2) is 29.2 Å². The van der Waals surface area contributed by atoms with E-state index in [1.165, 1.54) is 0 Å². The van der Waals surface area contributed by atoms with Gasteiger partial charge in [-0.25, -0.2) is 0 Å². The number of ether oxygens (including phenoxy) is 2. The summed E-state index contributed by atoms with van der Waals surface area (Å²) in [6, 6.07) is 13.7. The van der Waals surface area contributed by atoms with Crippen molar-refractivity contribution in [2.24, 2.45) is 0 Å². The Balaban J connectivity index is 0.000000255. The van der Waals surface area contributed by atoms with Crippen molar-refractivity contribution in [3.63, 3.8) is 0 Å². The van der Waals surface area contributed by atoms with E-state index in [9.17, 15) is 4.79 Å². The van der Waals surface area contributed by atoms with Crippen LogP contribution in [0.15, 0.2) is 69.8 Å². The molecule has 0 atom stereocenters. The molecular weight excluding hydrogens is 537 g/mol. The predicted octanol–water partition coefficient (Wildman–Crippen LogP) is 5.52. The van der Waals surface area contributed by atoms with Crippen molar-refractivity contribution in [1.29, 1.82) is 0 Å². The SMILES string of the molecule is CCOC(OCC)c1cc[c-]o1.Clc1cccnn1.O=Cc1ccc(-c2cccnn2)o1.[Cl][Zn+]. The van der Waals surface area contributed by atoms with Gasteiger partial charge in [-0.3, -0.25) is 4.79 Å². The summed E-state index contributed by atoms with van der Waals surface area (Å²) >= 11 is 6.21. The molecule has 0 aliphatic carbocycles. The van der Waals surface area contributed by atoms with Gasteiger partial charge in [-0.05, 0) is 62.3 Å². The Morgan fingerprint density at radius 2 is 1.71 bits per heavy atom. The third-order valence-electron chi connectivity index (χ3n) is 3.47. The Morgan fingerprint density at radius 3 is 2.12 bits per heavy atom. The van der Waals surface area contributed by atoms with Crippen LogP contribution in [-0.2, 0) is 26.8 Å². The van der Waals surface area contributed by atoms with E-state index in [0.29, 0.717) is 47.6 Å². The molecule has 0 amide bonds. The fourth-order valence-electron chi connectivity index (χ4n) is 2.16. The van der Waals surface area contributed by atoms with Crippen LogP contribution < -0.4 is 0 Å². The summed E-state index contributed by atoms with van der Waals surface area (Å²) in [4.78, 5) is 10.3. The van der Waals surface area contributed by atoms with Crippen LogP contribution in [0, 0.1) is 6.26 Å². The normalized spacial score (nSPS) is 9.62. The average molecular weight is 559 g/mol. The maximum atomic E-state index is 10.3. The summed E-state index contributed by atoms with van der Waals surface area (Å²) in [6.45, 7) is 5.04. The molecule has 4 heterocycles. The molecule has 0 aliphatic rings. The molecule has 9 nitrogen and oxygen atoms in total. The number of hydrogen-bond donors (Lipinski definition) is 0. The van der Waals surface area contributed by atoms with Crippen molar-refractivity contribution < 1.29 is 40.4 Å². The van der Waals surface area contributed by atoms with Crippen molar-refractivity contribution >= 4 is 27.6 Å². The molecule has 0 saturated heterocycles. The first-order chi connectivity index (χ1) is 16.7. The van der Waals surface area contributed by atoms with Crippen LogP contribution in [0.25, 0.3) is 11.5 Å². The van der Waals surface area contributed by atoms with E-state index in [1.54, 1.807) is 60.9 Å². The molecule has 0 aliphatic heterocycles. The van der Waals surface area contributed by atoms with E-state index in [0.717, 1.165) is 17.3 Å². The molecule has 0 bridgehead atoms. The number of aromatic nitrogens is 4. The number of halogens is 2. The van der Waals surface area contributed by atoms with Crippen LogP contribution in [0.4, 0.5) is 0 Å². The average Bonchev–Trinajstić information content (AvgIpc) is 3.60. The number of carbonyl (C=O) groups is 1.